The number of aromatic nitrogens is 1. The van der Waals surface area contributed by atoms with Gasteiger partial charge in [0.15, 0.2) is 5.58 Å². The summed E-state index contributed by atoms with van der Waals surface area (Å²) in [6.07, 6.45) is -5.72. The summed E-state index contributed by atoms with van der Waals surface area (Å²) in [5, 5.41) is 16.9. The molecule has 5 rings (SSSR count). The van der Waals surface area contributed by atoms with Gasteiger partial charge < -0.3 is 9.52 Å². The quantitative estimate of drug-likeness (QED) is 0.526. The smallest absolute Gasteiger partial charge is 0.422 e. The number of benzene rings is 3. The first-order valence-corrected chi connectivity index (χ1v) is 8.87. The third kappa shape index (κ3) is 2.75. The molecule has 3 aromatic carbocycles. The maximum atomic E-state index is 13.8. The Balaban J connectivity index is 1.64. The number of hydrogen-bond acceptors (Lipinski definition) is 5. The van der Waals surface area contributed by atoms with Crippen molar-refractivity contribution in [1.29, 1.82) is 0 Å². The lowest BCUT2D eigenvalue weighted by Gasteiger charge is -2.31. The van der Waals surface area contributed by atoms with Gasteiger partial charge in [0.2, 0.25) is 0 Å². The first kappa shape index (κ1) is 17.7. The lowest BCUT2D eigenvalue weighted by Crippen LogP contribution is -2.55. The van der Waals surface area contributed by atoms with E-state index in [1.807, 2.05) is 30.3 Å². The third-order valence-electron chi connectivity index (χ3n) is 4.99. The highest BCUT2D eigenvalue weighted by atomic mass is 19.4. The number of anilines is 1. The fourth-order valence-corrected chi connectivity index (χ4v) is 3.45. The van der Waals surface area contributed by atoms with E-state index in [-0.39, 0.29) is 5.71 Å². The Morgan fingerprint density at radius 1 is 0.966 bits per heavy atom. The monoisotopic (exact) mass is 397 g/mol. The van der Waals surface area contributed by atoms with Crippen LogP contribution in [0.4, 0.5) is 19.2 Å². The van der Waals surface area contributed by atoms with Crippen LogP contribution in [0.25, 0.3) is 21.9 Å². The van der Waals surface area contributed by atoms with Gasteiger partial charge in [-0.25, -0.2) is 0 Å². The Hall–Kier alpha value is -3.39. The summed E-state index contributed by atoms with van der Waals surface area (Å²) in [6.45, 7) is 0. The van der Waals surface area contributed by atoms with Crippen LogP contribution in [0.2, 0.25) is 0 Å². The zero-order valence-corrected chi connectivity index (χ0v) is 14.9. The van der Waals surface area contributed by atoms with Gasteiger partial charge in [-0.1, -0.05) is 48.5 Å². The van der Waals surface area contributed by atoms with Gasteiger partial charge in [0.1, 0.15) is 5.52 Å². The van der Waals surface area contributed by atoms with Gasteiger partial charge in [0, 0.05) is 0 Å². The summed E-state index contributed by atoms with van der Waals surface area (Å²) < 4.78 is 47.0. The standard InChI is InChI=1S/C21H14F3N3O2/c22-21(23,24)20(28)12-17(15-10-9-13-5-1-2-6-14(13)11-15)26-27(20)19-25-16-7-3-4-8-18(16)29-19/h1-11,28H,12H2. The Morgan fingerprint density at radius 3 is 2.45 bits per heavy atom. The van der Waals surface area contributed by atoms with Crippen molar-refractivity contribution >= 4 is 33.6 Å². The molecule has 0 bridgehead atoms. The number of hydrogen-bond donors (Lipinski definition) is 1. The second-order valence-corrected chi connectivity index (χ2v) is 6.88. The van der Waals surface area contributed by atoms with Crippen molar-refractivity contribution in [2.45, 2.75) is 18.3 Å². The Morgan fingerprint density at radius 2 is 1.69 bits per heavy atom. The molecular formula is C21H14F3N3O2. The van der Waals surface area contributed by atoms with Crippen LogP contribution in [0.3, 0.4) is 0 Å². The molecule has 146 valence electrons. The fraction of sp³-hybridized carbons (Fsp3) is 0.143. The average molecular weight is 397 g/mol. The van der Waals surface area contributed by atoms with E-state index in [0.717, 1.165) is 10.8 Å². The van der Waals surface area contributed by atoms with Gasteiger partial charge in [-0.2, -0.15) is 28.3 Å². The van der Waals surface area contributed by atoms with Crippen LogP contribution in [0.5, 0.6) is 0 Å². The summed E-state index contributed by atoms with van der Waals surface area (Å²) in [6, 6.07) is 18.9. The van der Waals surface area contributed by atoms with Crippen molar-refractivity contribution in [3.63, 3.8) is 0 Å². The molecule has 0 spiro atoms. The molecule has 1 N–H and O–H groups in total. The largest absolute Gasteiger partial charge is 0.438 e. The lowest BCUT2D eigenvalue weighted by molar-refractivity contribution is -0.255. The number of aliphatic hydroxyl groups is 1. The number of halogens is 3. The van der Waals surface area contributed by atoms with Crippen molar-refractivity contribution in [2.75, 3.05) is 5.01 Å². The molecule has 4 aromatic rings. The van der Waals surface area contributed by atoms with Gasteiger partial charge in [-0.3, -0.25) is 0 Å². The number of fused-ring (bicyclic) bond motifs is 2. The molecule has 1 aliphatic heterocycles. The number of rotatable bonds is 2. The van der Waals surface area contributed by atoms with E-state index in [4.69, 9.17) is 4.42 Å². The van der Waals surface area contributed by atoms with Crippen LogP contribution in [-0.2, 0) is 0 Å². The second kappa shape index (κ2) is 6.05. The molecule has 1 aliphatic rings. The molecule has 0 aliphatic carbocycles. The first-order chi connectivity index (χ1) is 13.8. The van der Waals surface area contributed by atoms with Gasteiger partial charge in [-0.05, 0) is 34.5 Å². The average Bonchev–Trinajstić information content (AvgIpc) is 3.29. The van der Waals surface area contributed by atoms with E-state index in [2.05, 4.69) is 10.1 Å². The summed E-state index contributed by atoms with van der Waals surface area (Å²) in [4.78, 5) is 4.07. The summed E-state index contributed by atoms with van der Waals surface area (Å²) in [5.74, 6) is 0. The minimum absolute atomic E-state index is 0.0952. The molecule has 0 radical (unpaired) electrons. The molecule has 0 amide bonds. The van der Waals surface area contributed by atoms with Gasteiger partial charge in [0.25, 0.3) is 5.72 Å². The Labute approximate surface area is 162 Å². The molecular weight excluding hydrogens is 383 g/mol. The van der Waals surface area contributed by atoms with E-state index < -0.39 is 24.3 Å². The number of para-hydroxylation sites is 2. The van der Waals surface area contributed by atoms with Crippen molar-refractivity contribution < 1.29 is 22.7 Å². The van der Waals surface area contributed by atoms with Crippen molar-refractivity contribution in [3.05, 3.63) is 72.3 Å². The zero-order chi connectivity index (χ0) is 20.2. The summed E-state index contributed by atoms with van der Waals surface area (Å²) >= 11 is 0. The van der Waals surface area contributed by atoms with E-state index in [1.54, 1.807) is 36.4 Å². The highest BCUT2D eigenvalue weighted by Gasteiger charge is 2.63. The fourth-order valence-electron chi connectivity index (χ4n) is 3.45. The van der Waals surface area contributed by atoms with Crippen molar-refractivity contribution in [3.8, 4) is 0 Å². The molecule has 5 nitrogen and oxygen atoms in total. The van der Waals surface area contributed by atoms with Crippen molar-refractivity contribution in [1.82, 2.24) is 4.98 Å². The lowest BCUT2D eigenvalue weighted by atomic mass is 9.98. The Bertz CT molecular complexity index is 1230. The predicted octanol–water partition coefficient (Wildman–Crippen LogP) is 4.85. The number of hydrazone groups is 1. The van der Waals surface area contributed by atoms with Gasteiger partial charge in [-0.15, -0.1) is 0 Å². The van der Waals surface area contributed by atoms with Crippen LogP contribution in [0, 0.1) is 0 Å². The SMILES string of the molecule is OC1(C(F)(F)F)CC(c2ccc3ccccc3c2)=NN1c1nc2ccccc2o1. The zero-order valence-electron chi connectivity index (χ0n) is 14.9. The van der Waals surface area contributed by atoms with E-state index in [1.165, 1.54) is 0 Å². The van der Waals surface area contributed by atoms with Crippen molar-refractivity contribution in [2.24, 2.45) is 5.10 Å². The van der Waals surface area contributed by atoms with Gasteiger partial charge in [0.05, 0.1) is 12.1 Å². The number of nitrogens with zero attached hydrogens (tertiary/aromatic N) is 3. The topological polar surface area (TPSA) is 61.9 Å². The third-order valence-corrected chi connectivity index (χ3v) is 4.99. The Kier molecular flexibility index (Phi) is 3.69. The molecule has 1 aromatic heterocycles. The summed E-state index contributed by atoms with van der Waals surface area (Å²) in [5.41, 5.74) is -1.99. The molecule has 29 heavy (non-hydrogen) atoms. The predicted molar refractivity (Wildman–Crippen MR) is 103 cm³/mol. The molecule has 0 saturated carbocycles. The first-order valence-electron chi connectivity index (χ1n) is 8.87. The van der Waals surface area contributed by atoms with E-state index in [9.17, 15) is 18.3 Å². The van der Waals surface area contributed by atoms with Crippen LogP contribution in [0.15, 0.2) is 76.2 Å². The van der Waals surface area contributed by atoms with Crippen LogP contribution in [0.1, 0.15) is 12.0 Å². The second-order valence-electron chi connectivity index (χ2n) is 6.88. The number of oxazole rings is 1. The molecule has 0 fully saturated rings. The van der Waals surface area contributed by atoms with Gasteiger partial charge >= 0.3 is 12.2 Å². The maximum absolute atomic E-state index is 13.8. The maximum Gasteiger partial charge on any atom is 0.438 e. The minimum atomic E-state index is -4.98. The molecule has 8 heteroatoms. The minimum Gasteiger partial charge on any atom is -0.422 e. The van der Waals surface area contributed by atoms with Crippen LogP contribution < -0.4 is 5.01 Å². The number of alkyl halides is 3. The molecule has 1 unspecified atom stereocenters. The van der Waals surface area contributed by atoms with E-state index in [0.29, 0.717) is 21.7 Å². The molecule has 2 heterocycles. The summed E-state index contributed by atoms with van der Waals surface area (Å²) in [7, 11) is 0. The van der Waals surface area contributed by atoms with Crippen LogP contribution in [-0.4, -0.2) is 27.7 Å². The highest BCUT2D eigenvalue weighted by molar-refractivity contribution is 6.06. The normalized spacial score (nSPS) is 19.9. The molecule has 0 saturated heterocycles. The van der Waals surface area contributed by atoms with Crippen LogP contribution >= 0.6 is 0 Å². The van der Waals surface area contributed by atoms with E-state index >= 15 is 0 Å². The highest BCUT2D eigenvalue weighted by Crippen LogP contribution is 2.44. The molecule has 1 atom stereocenters.